The van der Waals surface area contributed by atoms with Gasteiger partial charge in [-0.2, -0.15) is 13.5 Å². The first-order chi connectivity index (χ1) is 8.08. The van der Waals surface area contributed by atoms with Crippen molar-refractivity contribution in [2.75, 3.05) is 5.73 Å². The number of nitrogens with one attached hydrogen (secondary N) is 1. The van der Waals surface area contributed by atoms with Crippen molar-refractivity contribution in [1.29, 1.82) is 0 Å². The van der Waals surface area contributed by atoms with Crippen LogP contribution in [0.4, 0.5) is 5.69 Å². The summed E-state index contributed by atoms with van der Waals surface area (Å²) in [4.78, 5) is 2.43. The van der Waals surface area contributed by atoms with Gasteiger partial charge in [-0.1, -0.05) is 0 Å². The normalized spacial score (nSPS) is 15.9. The lowest BCUT2D eigenvalue weighted by molar-refractivity contribution is 0.584. The highest BCUT2D eigenvalue weighted by Crippen LogP contribution is 2.15. The van der Waals surface area contributed by atoms with Gasteiger partial charge in [-0.15, -0.1) is 0 Å². The number of hydrogen-bond donors (Lipinski definition) is 2. The molecule has 0 aliphatic heterocycles. The van der Waals surface area contributed by atoms with E-state index in [4.69, 9.17) is 5.73 Å². The molecule has 5 nitrogen and oxygen atoms in total. The Balaban J connectivity index is 2.13. The van der Waals surface area contributed by atoms with Crippen LogP contribution in [0.3, 0.4) is 0 Å². The molecule has 1 aliphatic rings. The summed E-state index contributed by atoms with van der Waals surface area (Å²) in [6.45, 7) is 0. The van der Waals surface area contributed by atoms with E-state index in [2.05, 4.69) is 9.93 Å². The fraction of sp³-hybridized carbons (Fsp3) is 0.364. The summed E-state index contributed by atoms with van der Waals surface area (Å²) in [5.74, 6) is 0. The van der Waals surface area contributed by atoms with E-state index in [1.54, 1.807) is 12.1 Å². The van der Waals surface area contributed by atoms with E-state index in [9.17, 15) is 8.42 Å². The number of nitrogens with zero attached hydrogens (tertiary/aromatic N) is 1. The highest BCUT2D eigenvalue weighted by Gasteiger charge is 2.14. The maximum absolute atomic E-state index is 11.8. The molecule has 0 amide bonds. The van der Waals surface area contributed by atoms with Gasteiger partial charge in [0, 0.05) is 11.4 Å². The quantitative estimate of drug-likeness (QED) is 0.632. The zero-order valence-electron chi connectivity index (χ0n) is 9.39. The number of hydrogen-bond acceptors (Lipinski definition) is 4. The minimum atomic E-state index is -3.56. The molecule has 92 valence electrons. The van der Waals surface area contributed by atoms with Crippen LogP contribution in [0, 0.1) is 0 Å². The SMILES string of the molecule is Nc1ccc(S(=O)(=O)NN=C2CCCC2)cc1. The fourth-order valence-corrected chi connectivity index (χ4v) is 2.57. The van der Waals surface area contributed by atoms with Crippen molar-refractivity contribution < 1.29 is 8.42 Å². The monoisotopic (exact) mass is 253 g/mol. The zero-order valence-corrected chi connectivity index (χ0v) is 10.2. The predicted octanol–water partition coefficient (Wildman–Crippen LogP) is 1.48. The van der Waals surface area contributed by atoms with Gasteiger partial charge in [-0.05, 0) is 49.9 Å². The molecule has 17 heavy (non-hydrogen) atoms. The summed E-state index contributed by atoms with van der Waals surface area (Å²) < 4.78 is 23.7. The summed E-state index contributed by atoms with van der Waals surface area (Å²) in [6.07, 6.45) is 3.93. The van der Waals surface area contributed by atoms with Gasteiger partial charge in [0.15, 0.2) is 0 Å². The molecule has 0 radical (unpaired) electrons. The number of anilines is 1. The topological polar surface area (TPSA) is 84.5 Å². The number of hydrazone groups is 1. The van der Waals surface area contributed by atoms with Crippen LogP contribution >= 0.6 is 0 Å². The lowest BCUT2D eigenvalue weighted by Crippen LogP contribution is -2.19. The number of rotatable bonds is 3. The number of nitrogens with two attached hydrogens (primary N) is 1. The summed E-state index contributed by atoms with van der Waals surface area (Å²) in [5.41, 5.74) is 6.95. The first-order valence-corrected chi connectivity index (χ1v) is 6.99. The predicted molar refractivity (Wildman–Crippen MR) is 67.1 cm³/mol. The van der Waals surface area contributed by atoms with Crippen LogP contribution in [0.15, 0.2) is 34.3 Å². The van der Waals surface area contributed by atoms with Crippen molar-refractivity contribution in [2.24, 2.45) is 5.10 Å². The average Bonchev–Trinajstić information content (AvgIpc) is 2.80. The Kier molecular flexibility index (Phi) is 3.33. The lowest BCUT2D eigenvalue weighted by Gasteiger charge is -2.04. The van der Waals surface area contributed by atoms with Crippen molar-refractivity contribution in [3.63, 3.8) is 0 Å². The first kappa shape index (κ1) is 11.9. The number of benzene rings is 1. The Morgan fingerprint density at radius 2 is 1.71 bits per heavy atom. The van der Waals surface area contributed by atoms with E-state index in [1.165, 1.54) is 12.1 Å². The van der Waals surface area contributed by atoms with Gasteiger partial charge in [-0.25, -0.2) is 4.83 Å². The lowest BCUT2D eigenvalue weighted by atomic mass is 10.3. The molecule has 3 N–H and O–H groups in total. The third-order valence-corrected chi connectivity index (χ3v) is 3.92. The molecular formula is C11H15N3O2S. The van der Waals surface area contributed by atoms with E-state index in [0.29, 0.717) is 5.69 Å². The van der Waals surface area contributed by atoms with Gasteiger partial charge in [0.05, 0.1) is 4.90 Å². The maximum Gasteiger partial charge on any atom is 0.276 e. The van der Waals surface area contributed by atoms with Crippen LogP contribution in [0.2, 0.25) is 0 Å². The highest BCUT2D eigenvalue weighted by molar-refractivity contribution is 7.89. The molecule has 6 heteroatoms. The molecule has 2 rings (SSSR count). The van der Waals surface area contributed by atoms with Gasteiger partial charge in [0.2, 0.25) is 0 Å². The minimum Gasteiger partial charge on any atom is -0.399 e. The van der Waals surface area contributed by atoms with E-state index in [0.717, 1.165) is 31.4 Å². The highest BCUT2D eigenvalue weighted by atomic mass is 32.2. The zero-order chi connectivity index (χ0) is 12.3. The molecule has 1 saturated carbocycles. The Morgan fingerprint density at radius 3 is 2.29 bits per heavy atom. The van der Waals surface area contributed by atoms with Crippen LogP contribution in [0.25, 0.3) is 0 Å². The van der Waals surface area contributed by atoms with Gasteiger partial charge >= 0.3 is 0 Å². The molecular weight excluding hydrogens is 238 g/mol. The molecule has 1 aromatic carbocycles. The van der Waals surface area contributed by atoms with Gasteiger partial charge in [-0.3, -0.25) is 0 Å². The Hall–Kier alpha value is -1.56. The van der Waals surface area contributed by atoms with Crippen molar-refractivity contribution in [3.8, 4) is 0 Å². The van der Waals surface area contributed by atoms with Crippen LogP contribution in [-0.2, 0) is 10.0 Å². The molecule has 0 heterocycles. The van der Waals surface area contributed by atoms with E-state index >= 15 is 0 Å². The molecule has 0 aromatic heterocycles. The second kappa shape index (κ2) is 4.75. The average molecular weight is 253 g/mol. The van der Waals surface area contributed by atoms with Gasteiger partial charge in [0.25, 0.3) is 10.0 Å². The standard InChI is InChI=1S/C11H15N3O2S/c12-9-5-7-11(8-6-9)17(15,16)14-13-10-3-1-2-4-10/h5-8,14H,1-4,12H2. The maximum atomic E-state index is 11.8. The largest absolute Gasteiger partial charge is 0.399 e. The summed E-state index contributed by atoms with van der Waals surface area (Å²) in [6, 6.07) is 6.04. The van der Waals surface area contributed by atoms with Crippen LogP contribution in [0.5, 0.6) is 0 Å². The smallest absolute Gasteiger partial charge is 0.276 e. The van der Waals surface area contributed by atoms with Crippen molar-refractivity contribution in [3.05, 3.63) is 24.3 Å². The van der Waals surface area contributed by atoms with E-state index in [-0.39, 0.29) is 4.90 Å². The molecule has 1 aliphatic carbocycles. The molecule has 0 spiro atoms. The molecule has 0 atom stereocenters. The Labute approximate surface area is 101 Å². The second-order valence-corrected chi connectivity index (χ2v) is 5.71. The van der Waals surface area contributed by atoms with Crippen molar-refractivity contribution in [2.45, 2.75) is 30.6 Å². The molecule has 0 saturated heterocycles. The van der Waals surface area contributed by atoms with Crippen LogP contribution < -0.4 is 10.6 Å². The summed E-state index contributed by atoms with van der Waals surface area (Å²) in [5, 5.41) is 3.94. The Bertz CT molecular complexity index is 512. The Morgan fingerprint density at radius 1 is 1.12 bits per heavy atom. The van der Waals surface area contributed by atoms with Gasteiger partial charge in [0.1, 0.15) is 0 Å². The molecule has 1 fully saturated rings. The third kappa shape index (κ3) is 2.97. The van der Waals surface area contributed by atoms with Crippen molar-refractivity contribution >= 4 is 21.4 Å². The molecule has 0 bridgehead atoms. The summed E-state index contributed by atoms with van der Waals surface area (Å²) >= 11 is 0. The summed E-state index contributed by atoms with van der Waals surface area (Å²) in [7, 11) is -3.56. The van der Waals surface area contributed by atoms with E-state index in [1.807, 2.05) is 0 Å². The minimum absolute atomic E-state index is 0.175. The fourth-order valence-electron chi connectivity index (χ4n) is 1.72. The van der Waals surface area contributed by atoms with Gasteiger partial charge < -0.3 is 5.73 Å². The second-order valence-electron chi connectivity index (χ2n) is 4.05. The third-order valence-electron chi connectivity index (χ3n) is 2.70. The van der Waals surface area contributed by atoms with Crippen LogP contribution in [0.1, 0.15) is 25.7 Å². The molecule has 1 aromatic rings. The number of nitrogen functional groups attached to an aromatic ring is 1. The van der Waals surface area contributed by atoms with E-state index < -0.39 is 10.0 Å². The van der Waals surface area contributed by atoms with Crippen LogP contribution in [-0.4, -0.2) is 14.1 Å². The first-order valence-electron chi connectivity index (χ1n) is 5.51. The number of sulfonamides is 1. The van der Waals surface area contributed by atoms with Crippen molar-refractivity contribution in [1.82, 2.24) is 4.83 Å². The molecule has 0 unspecified atom stereocenters.